The maximum Gasteiger partial charge on any atom is 0.254 e. The van der Waals surface area contributed by atoms with Crippen LogP contribution >= 0.6 is 0 Å². The van der Waals surface area contributed by atoms with Gasteiger partial charge >= 0.3 is 0 Å². The van der Waals surface area contributed by atoms with E-state index in [1.807, 2.05) is 25.1 Å². The second-order valence-corrected chi connectivity index (χ2v) is 5.11. The highest BCUT2D eigenvalue weighted by Gasteiger charge is 2.13. The minimum absolute atomic E-state index is 0.0381. The van der Waals surface area contributed by atoms with Crippen molar-refractivity contribution in [3.05, 3.63) is 47.4 Å². The molecule has 0 aliphatic rings. The Morgan fingerprint density at radius 1 is 1.36 bits per heavy atom. The van der Waals surface area contributed by atoms with Gasteiger partial charge in [0.2, 0.25) is 0 Å². The minimum atomic E-state index is 0.0381. The number of hydrogen-bond acceptors (Lipinski definition) is 5. The van der Waals surface area contributed by atoms with Gasteiger partial charge in [0.1, 0.15) is 12.1 Å². The maximum absolute atomic E-state index is 11.5. The van der Waals surface area contributed by atoms with Crippen molar-refractivity contribution in [2.45, 2.75) is 27.2 Å². The summed E-state index contributed by atoms with van der Waals surface area (Å²) in [6, 6.07) is 7.42. The van der Waals surface area contributed by atoms with Crippen molar-refractivity contribution < 1.29 is 4.79 Å². The van der Waals surface area contributed by atoms with E-state index in [-0.39, 0.29) is 5.78 Å². The van der Waals surface area contributed by atoms with Gasteiger partial charge in [-0.05, 0) is 32.4 Å². The Hall–Kier alpha value is -2.76. The molecule has 0 atom stereocenters. The van der Waals surface area contributed by atoms with E-state index in [0.717, 1.165) is 29.2 Å². The monoisotopic (exact) mass is 295 g/mol. The Morgan fingerprint density at radius 3 is 2.91 bits per heavy atom. The van der Waals surface area contributed by atoms with Crippen molar-refractivity contribution in [2.24, 2.45) is 0 Å². The first kappa shape index (κ1) is 14.2. The molecule has 0 saturated heterocycles. The van der Waals surface area contributed by atoms with Crippen LogP contribution in [0.1, 0.15) is 35.5 Å². The number of hydrogen-bond donors (Lipinski definition) is 1. The Bertz CT molecular complexity index is 853. The number of carbonyl (C=O) groups is 1. The zero-order valence-electron chi connectivity index (χ0n) is 12.8. The molecule has 0 aliphatic heterocycles. The van der Waals surface area contributed by atoms with Gasteiger partial charge in [0.05, 0.1) is 0 Å². The van der Waals surface area contributed by atoms with Gasteiger partial charge in [-0.3, -0.25) is 4.79 Å². The van der Waals surface area contributed by atoms with E-state index in [1.165, 1.54) is 6.33 Å². The summed E-state index contributed by atoms with van der Waals surface area (Å²) >= 11 is 0. The number of aromatic nitrogens is 4. The summed E-state index contributed by atoms with van der Waals surface area (Å²) in [7, 11) is 0. The lowest BCUT2D eigenvalue weighted by Gasteiger charge is -2.14. The lowest BCUT2D eigenvalue weighted by molar-refractivity contribution is 0.101. The molecule has 22 heavy (non-hydrogen) atoms. The molecule has 6 nitrogen and oxygen atoms in total. The molecule has 1 N–H and O–H groups in total. The Morgan fingerprint density at radius 2 is 2.18 bits per heavy atom. The molecule has 0 saturated carbocycles. The Kier molecular flexibility index (Phi) is 3.58. The molecule has 2 heterocycles. The van der Waals surface area contributed by atoms with E-state index >= 15 is 0 Å². The fraction of sp³-hybridized carbons (Fsp3) is 0.250. The highest BCUT2D eigenvalue weighted by Crippen LogP contribution is 2.24. The molecule has 1 aromatic carbocycles. The number of fused-ring (bicyclic) bond motifs is 1. The number of nitrogens with one attached hydrogen (secondary N) is 1. The number of Topliss-reactive ketones (excluding diaryl/α,β-unsaturated/α-hetero) is 1. The second-order valence-electron chi connectivity index (χ2n) is 5.11. The average Bonchev–Trinajstić information content (AvgIpc) is 2.95. The third kappa shape index (κ3) is 2.43. The normalized spacial score (nSPS) is 10.9. The van der Waals surface area contributed by atoms with Crippen molar-refractivity contribution in [1.82, 2.24) is 19.6 Å². The van der Waals surface area contributed by atoms with E-state index in [1.54, 1.807) is 17.5 Å². The predicted octanol–water partition coefficient (Wildman–Crippen LogP) is 2.94. The molecule has 0 radical (unpaired) electrons. The summed E-state index contributed by atoms with van der Waals surface area (Å²) in [5.74, 6) is 1.43. The molecule has 112 valence electrons. The summed E-state index contributed by atoms with van der Waals surface area (Å²) in [4.78, 5) is 20.1. The first-order valence-electron chi connectivity index (χ1n) is 7.17. The van der Waals surface area contributed by atoms with Gasteiger partial charge in [0.25, 0.3) is 5.78 Å². The molecule has 0 amide bonds. The van der Waals surface area contributed by atoms with Gasteiger partial charge < -0.3 is 5.32 Å². The van der Waals surface area contributed by atoms with Crippen molar-refractivity contribution in [3.63, 3.8) is 0 Å². The standard InChI is InChI=1S/C16H17N5O/c1-4-14-10(2)19-16-17-9-18-21(16)15(14)20-13-7-5-6-12(8-13)11(3)22/h5-9,20H,4H2,1-3H3. The van der Waals surface area contributed by atoms with Crippen LogP contribution in [0.3, 0.4) is 0 Å². The van der Waals surface area contributed by atoms with E-state index in [0.29, 0.717) is 11.3 Å². The van der Waals surface area contributed by atoms with E-state index in [9.17, 15) is 4.79 Å². The number of benzene rings is 1. The van der Waals surface area contributed by atoms with Crippen molar-refractivity contribution in [1.29, 1.82) is 0 Å². The minimum Gasteiger partial charge on any atom is -0.340 e. The molecule has 0 unspecified atom stereocenters. The zero-order chi connectivity index (χ0) is 15.7. The second kappa shape index (κ2) is 5.55. The average molecular weight is 295 g/mol. The van der Waals surface area contributed by atoms with Crippen LogP contribution in [0.15, 0.2) is 30.6 Å². The highest BCUT2D eigenvalue weighted by molar-refractivity contribution is 5.95. The van der Waals surface area contributed by atoms with Crippen LogP contribution in [0.25, 0.3) is 5.78 Å². The van der Waals surface area contributed by atoms with Gasteiger partial charge in [-0.2, -0.15) is 14.6 Å². The number of aryl methyl sites for hydroxylation is 1. The highest BCUT2D eigenvalue weighted by atomic mass is 16.1. The molecular weight excluding hydrogens is 278 g/mol. The summed E-state index contributed by atoms with van der Waals surface area (Å²) in [6.07, 6.45) is 2.31. The van der Waals surface area contributed by atoms with Crippen LogP contribution < -0.4 is 5.32 Å². The molecular formula is C16H17N5O. The topological polar surface area (TPSA) is 72.2 Å². The van der Waals surface area contributed by atoms with E-state index < -0.39 is 0 Å². The van der Waals surface area contributed by atoms with Gasteiger partial charge in [0, 0.05) is 22.5 Å². The quantitative estimate of drug-likeness (QED) is 0.749. The third-order valence-electron chi connectivity index (χ3n) is 3.62. The molecule has 0 bridgehead atoms. The zero-order valence-corrected chi connectivity index (χ0v) is 12.8. The van der Waals surface area contributed by atoms with Crippen LogP contribution in [-0.4, -0.2) is 25.4 Å². The predicted molar refractivity (Wildman–Crippen MR) is 84.6 cm³/mol. The Balaban J connectivity index is 2.12. The van der Waals surface area contributed by atoms with E-state index in [2.05, 4.69) is 27.3 Å². The molecule has 2 aromatic heterocycles. The third-order valence-corrected chi connectivity index (χ3v) is 3.62. The van der Waals surface area contributed by atoms with Crippen LogP contribution in [-0.2, 0) is 6.42 Å². The Labute approximate surface area is 128 Å². The number of carbonyl (C=O) groups excluding carboxylic acids is 1. The van der Waals surface area contributed by atoms with Gasteiger partial charge in [-0.25, -0.2) is 4.98 Å². The van der Waals surface area contributed by atoms with Gasteiger partial charge in [-0.15, -0.1) is 0 Å². The molecule has 3 aromatic rings. The molecule has 6 heteroatoms. The summed E-state index contributed by atoms with van der Waals surface area (Å²) in [5.41, 5.74) is 3.51. The number of anilines is 2. The lowest BCUT2D eigenvalue weighted by atomic mass is 10.1. The first-order chi connectivity index (χ1) is 10.6. The molecule has 3 rings (SSSR count). The van der Waals surface area contributed by atoms with Crippen molar-refractivity contribution in [3.8, 4) is 0 Å². The number of nitrogens with zero attached hydrogens (tertiary/aromatic N) is 4. The van der Waals surface area contributed by atoms with Crippen molar-refractivity contribution >= 4 is 23.1 Å². The molecule has 0 fully saturated rings. The summed E-state index contributed by atoms with van der Waals surface area (Å²) < 4.78 is 1.69. The number of ketones is 1. The lowest BCUT2D eigenvalue weighted by Crippen LogP contribution is -2.08. The number of rotatable bonds is 4. The largest absolute Gasteiger partial charge is 0.340 e. The molecule has 0 spiro atoms. The smallest absolute Gasteiger partial charge is 0.254 e. The first-order valence-corrected chi connectivity index (χ1v) is 7.17. The SMILES string of the molecule is CCc1c(C)nc2ncnn2c1Nc1cccc(C(C)=O)c1. The van der Waals surface area contributed by atoms with Crippen LogP contribution in [0.5, 0.6) is 0 Å². The van der Waals surface area contributed by atoms with Crippen LogP contribution in [0.4, 0.5) is 11.5 Å². The van der Waals surface area contributed by atoms with E-state index in [4.69, 9.17) is 0 Å². The molecule has 0 aliphatic carbocycles. The fourth-order valence-electron chi connectivity index (χ4n) is 2.49. The maximum atomic E-state index is 11.5. The van der Waals surface area contributed by atoms with Crippen molar-refractivity contribution in [2.75, 3.05) is 5.32 Å². The van der Waals surface area contributed by atoms with Crippen LogP contribution in [0, 0.1) is 6.92 Å². The fourth-order valence-corrected chi connectivity index (χ4v) is 2.49. The van der Waals surface area contributed by atoms with Crippen LogP contribution in [0.2, 0.25) is 0 Å². The summed E-state index contributed by atoms with van der Waals surface area (Å²) in [6.45, 7) is 5.59. The van der Waals surface area contributed by atoms with Gasteiger partial charge in [0.15, 0.2) is 5.78 Å². The summed E-state index contributed by atoms with van der Waals surface area (Å²) in [5, 5.41) is 7.59. The van der Waals surface area contributed by atoms with Gasteiger partial charge in [-0.1, -0.05) is 19.1 Å².